The lowest BCUT2D eigenvalue weighted by Crippen LogP contribution is -2.34. The molecule has 3 amide bonds. The number of amides is 3. The van der Waals surface area contributed by atoms with E-state index in [0.29, 0.717) is 23.1 Å². The van der Waals surface area contributed by atoms with Gasteiger partial charge in [-0.3, -0.25) is 4.79 Å². The number of carbonyl (C=O) groups is 3. The molecule has 21 heavy (non-hydrogen) atoms. The van der Waals surface area contributed by atoms with Crippen LogP contribution in [0, 0.1) is 5.92 Å². The zero-order valence-electron chi connectivity index (χ0n) is 11.0. The Labute approximate surface area is 129 Å². The molecule has 1 atom stereocenters. The van der Waals surface area contributed by atoms with Gasteiger partial charge in [-0.05, 0) is 24.6 Å². The standard InChI is InChI=1S/C13H14BrN3O4/c14-9-3-8(12(19)20)4-10(5-9)16-13(21)17-2-1-7(6-17)11(15)18/h3-5,7H,1-2,6H2,(H2,15,18)(H,16,21)(H,19,20). The molecule has 1 fully saturated rings. The second kappa shape index (κ2) is 6.13. The molecule has 1 aliphatic rings. The fourth-order valence-electron chi connectivity index (χ4n) is 2.16. The quantitative estimate of drug-likeness (QED) is 0.761. The Hall–Kier alpha value is -2.09. The van der Waals surface area contributed by atoms with Gasteiger partial charge in [-0.1, -0.05) is 15.9 Å². The minimum absolute atomic E-state index is 0.0658. The Kier molecular flexibility index (Phi) is 4.46. The number of nitrogens with zero attached hydrogens (tertiary/aromatic N) is 1. The maximum absolute atomic E-state index is 12.1. The normalized spacial score (nSPS) is 17.6. The van der Waals surface area contributed by atoms with Crippen LogP contribution in [0.2, 0.25) is 0 Å². The van der Waals surface area contributed by atoms with Crippen LogP contribution in [-0.4, -0.2) is 41.0 Å². The number of hydrogen-bond acceptors (Lipinski definition) is 3. The zero-order chi connectivity index (χ0) is 15.6. The van der Waals surface area contributed by atoms with E-state index in [4.69, 9.17) is 10.8 Å². The first-order chi connectivity index (χ1) is 9.86. The highest BCUT2D eigenvalue weighted by atomic mass is 79.9. The van der Waals surface area contributed by atoms with E-state index in [0.717, 1.165) is 0 Å². The van der Waals surface area contributed by atoms with Crippen molar-refractivity contribution in [3.63, 3.8) is 0 Å². The number of carboxylic acid groups (broad SMARTS) is 1. The maximum Gasteiger partial charge on any atom is 0.335 e. The highest BCUT2D eigenvalue weighted by Gasteiger charge is 2.29. The Morgan fingerprint density at radius 2 is 2.05 bits per heavy atom. The molecule has 0 radical (unpaired) electrons. The maximum atomic E-state index is 12.1. The van der Waals surface area contributed by atoms with E-state index < -0.39 is 11.9 Å². The van der Waals surface area contributed by atoms with Crippen molar-refractivity contribution in [3.8, 4) is 0 Å². The first-order valence-electron chi connectivity index (χ1n) is 6.26. The number of carbonyl (C=O) groups excluding carboxylic acids is 2. The number of benzene rings is 1. The third-order valence-corrected chi connectivity index (χ3v) is 3.73. The lowest BCUT2D eigenvalue weighted by molar-refractivity contribution is -0.121. The molecule has 1 aliphatic heterocycles. The molecule has 0 bridgehead atoms. The van der Waals surface area contributed by atoms with Crippen molar-refractivity contribution in [1.29, 1.82) is 0 Å². The summed E-state index contributed by atoms with van der Waals surface area (Å²) in [5.41, 5.74) is 5.65. The van der Waals surface area contributed by atoms with Crippen molar-refractivity contribution in [2.45, 2.75) is 6.42 Å². The van der Waals surface area contributed by atoms with Crippen molar-refractivity contribution in [2.24, 2.45) is 11.7 Å². The summed E-state index contributed by atoms with van der Waals surface area (Å²) in [5.74, 6) is -1.82. The minimum atomic E-state index is -1.08. The molecule has 1 saturated heterocycles. The minimum Gasteiger partial charge on any atom is -0.478 e. The Balaban J connectivity index is 2.07. The van der Waals surface area contributed by atoms with Crippen molar-refractivity contribution in [3.05, 3.63) is 28.2 Å². The van der Waals surface area contributed by atoms with Crippen LogP contribution in [0.3, 0.4) is 0 Å². The molecule has 0 aliphatic carbocycles. The zero-order valence-corrected chi connectivity index (χ0v) is 12.6. The highest BCUT2D eigenvalue weighted by Crippen LogP contribution is 2.21. The Morgan fingerprint density at radius 1 is 1.33 bits per heavy atom. The number of aromatic carboxylic acids is 1. The van der Waals surface area contributed by atoms with E-state index in [9.17, 15) is 14.4 Å². The molecular weight excluding hydrogens is 342 g/mol. The van der Waals surface area contributed by atoms with Crippen molar-refractivity contribution in [2.75, 3.05) is 18.4 Å². The summed E-state index contributed by atoms with van der Waals surface area (Å²) in [5, 5.41) is 11.6. The topological polar surface area (TPSA) is 113 Å². The molecule has 0 saturated carbocycles. The van der Waals surface area contributed by atoms with Crippen LogP contribution < -0.4 is 11.1 Å². The number of likely N-dealkylation sites (tertiary alicyclic amines) is 1. The first kappa shape index (κ1) is 15.3. The first-order valence-corrected chi connectivity index (χ1v) is 7.05. The van der Waals surface area contributed by atoms with Crippen LogP contribution in [-0.2, 0) is 4.79 Å². The summed E-state index contributed by atoms with van der Waals surface area (Å²) < 4.78 is 0.550. The lowest BCUT2D eigenvalue weighted by atomic mass is 10.1. The smallest absolute Gasteiger partial charge is 0.335 e. The van der Waals surface area contributed by atoms with Gasteiger partial charge in [0.2, 0.25) is 5.91 Å². The molecule has 0 aromatic heterocycles. The molecule has 1 heterocycles. The molecule has 2 rings (SSSR count). The summed E-state index contributed by atoms with van der Waals surface area (Å²) >= 11 is 3.19. The van der Waals surface area contributed by atoms with E-state index in [1.807, 2.05) is 0 Å². The summed E-state index contributed by atoms with van der Waals surface area (Å²) in [4.78, 5) is 35.6. The van der Waals surface area contributed by atoms with Gasteiger partial charge in [-0.2, -0.15) is 0 Å². The summed E-state index contributed by atoms with van der Waals surface area (Å²) in [6, 6.07) is 4.03. The number of rotatable bonds is 3. The monoisotopic (exact) mass is 355 g/mol. The van der Waals surface area contributed by atoms with E-state index >= 15 is 0 Å². The van der Waals surface area contributed by atoms with Crippen LogP contribution in [0.25, 0.3) is 0 Å². The second-order valence-corrected chi connectivity index (χ2v) is 5.71. The number of hydrogen-bond donors (Lipinski definition) is 3. The van der Waals surface area contributed by atoms with Gasteiger partial charge < -0.3 is 21.1 Å². The van der Waals surface area contributed by atoms with Gasteiger partial charge in [0.05, 0.1) is 11.5 Å². The molecule has 112 valence electrons. The third kappa shape index (κ3) is 3.72. The van der Waals surface area contributed by atoms with Crippen LogP contribution in [0.4, 0.5) is 10.5 Å². The SMILES string of the molecule is NC(=O)C1CCN(C(=O)Nc2cc(Br)cc(C(=O)O)c2)C1. The Bertz CT molecular complexity index is 605. The van der Waals surface area contributed by atoms with Gasteiger partial charge in [-0.15, -0.1) is 0 Å². The third-order valence-electron chi connectivity index (χ3n) is 3.27. The Morgan fingerprint density at radius 3 is 2.62 bits per heavy atom. The predicted octanol–water partition coefficient (Wildman–Crippen LogP) is 1.49. The van der Waals surface area contributed by atoms with Crippen LogP contribution in [0.15, 0.2) is 22.7 Å². The fourth-order valence-corrected chi connectivity index (χ4v) is 2.66. The van der Waals surface area contributed by atoms with Crippen LogP contribution >= 0.6 is 15.9 Å². The van der Waals surface area contributed by atoms with Gasteiger partial charge in [0.25, 0.3) is 0 Å². The number of primary amides is 1. The molecule has 1 aromatic rings. The number of carboxylic acids is 1. The van der Waals surface area contributed by atoms with Crippen molar-refractivity contribution in [1.82, 2.24) is 4.90 Å². The lowest BCUT2D eigenvalue weighted by Gasteiger charge is -2.17. The molecule has 1 unspecified atom stereocenters. The summed E-state index contributed by atoms with van der Waals surface area (Å²) in [6.07, 6.45) is 0.543. The van der Waals surface area contributed by atoms with Gasteiger partial charge in [-0.25, -0.2) is 9.59 Å². The summed E-state index contributed by atoms with van der Waals surface area (Å²) in [6.45, 7) is 0.722. The predicted molar refractivity (Wildman–Crippen MR) is 79.0 cm³/mol. The fraction of sp³-hybridized carbons (Fsp3) is 0.308. The van der Waals surface area contributed by atoms with Crippen molar-refractivity contribution >= 4 is 39.5 Å². The van der Waals surface area contributed by atoms with E-state index in [-0.39, 0.29) is 24.1 Å². The number of halogens is 1. The number of anilines is 1. The molecular formula is C13H14BrN3O4. The van der Waals surface area contributed by atoms with E-state index in [1.165, 1.54) is 17.0 Å². The number of urea groups is 1. The van der Waals surface area contributed by atoms with Gasteiger partial charge in [0.1, 0.15) is 0 Å². The van der Waals surface area contributed by atoms with Crippen LogP contribution in [0.5, 0.6) is 0 Å². The molecule has 0 spiro atoms. The molecule has 1 aromatic carbocycles. The van der Waals surface area contributed by atoms with Crippen molar-refractivity contribution < 1.29 is 19.5 Å². The second-order valence-electron chi connectivity index (χ2n) is 4.80. The van der Waals surface area contributed by atoms with Gasteiger partial charge in [0, 0.05) is 23.2 Å². The van der Waals surface area contributed by atoms with E-state index in [2.05, 4.69) is 21.2 Å². The van der Waals surface area contributed by atoms with Crippen LogP contribution in [0.1, 0.15) is 16.8 Å². The van der Waals surface area contributed by atoms with Gasteiger partial charge >= 0.3 is 12.0 Å². The average molecular weight is 356 g/mol. The number of nitrogens with one attached hydrogen (secondary N) is 1. The molecule has 4 N–H and O–H groups in total. The van der Waals surface area contributed by atoms with E-state index in [1.54, 1.807) is 6.07 Å². The summed E-state index contributed by atoms with van der Waals surface area (Å²) in [7, 11) is 0. The highest BCUT2D eigenvalue weighted by molar-refractivity contribution is 9.10. The molecule has 7 nitrogen and oxygen atoms in total. The average Bonchev–Trinajstić information content (AvgIpc) is 2.87. The largest absolute Gasteiger partial charge is 0.478 e. The number of nitrogens with two attached hydrogens (primary N) is 1. The van der Waals surface area contributed by atoms with Gasteiger partial charge in [0.15, 0.2) is 0 Å². The molecule has 8 heteroatoms.